The first-order chi connectivity index (χ1) is 11.8. The number of nitrogens with zero attached hydrogens (tertiary/aromatic N) is 1. The Morgan fingerprint density at radius 1 is 1.08 bits per heavy atom. The molecule has 0 atom stereocenters. The maximum Gasteiger partial charge on any atom is 0.321 e. The van der Waals surface area contributed by atoms with Crippen LogP contribution in [0.25, 0.3) is 11.3 Å². The van der Waals surface area contributed by atoms with Gasteiger partial charge in [-0.3, -0.25) is 5.32 Å². The molecule has 0 aliphatic heterocycles. The zero-order valence-corrected chi connectivity index (χ0v) is 14.6. The van der Waals surface area contributed by atoms with E-state index in [1.807, 2.05) is 5.38 Å². The lowest BCUT2D eigenvalue weighted by Gasteiger charge is -2.16. The molecule has 2 N–H and O–H groups in total. The molecule has 4 nitrogen and oxygen atoms in total. The minimum atomic E-state index is -0.131. The average molecular weight is 341 g/mol. The highest BCUT2D eigenvalue weighted by Crippen LogP contribution is 2.29. The molecule has 2 amide bonds. The third kappa shape index (κ3) is 3.46. The molecule has 1 saturated carbocycles. The van der Waals surface area contributed by atoms with E-state index in [-0.39, 0.29) is 6.03 Å². The van der Waals surface area contributed by atoms with E-state index < -0.39 is 0 Å². The number of hydrogen-bond donors (Lipinski definition) is 2. The fourth-order valence-corrected chi connectivity index (χ4v) is 4.46. The Balaban J connectivity index is 1.43. The Morgan fingerprint density at radius 2 is 1.88 bits per heavy atom. The maximum atomic E-state index is 12.1. The molecular formula is C19H23N3OS. The van der Waals surface area contributed by atoms with Crippen LogP contribution in [0.15, 0.2) is 23.6 Å². The largest absolute Gasteiger partial charge is 0.335 e. The van der Waals surface area contributed by atoms with E-state index in [1.165, 1.54) is 61.0 Å². The SMILES string of the molecule is O=C(Nc1nc(-c2ccc3c(c2)CCCC3)cs1)NC1CCCC1. The fraction of sp³-hybridized carbons (Fsp3) is 0.474. The van der Waals surface area contributed by atoms with Crippen LogP contribution >= 0.6 is 11.3 Å². The molecule has 2 aromatic rings. The zero-order valence-electron chi connectivity index (χ0n) is 13.8. The van der Waals surface area contributed by atoms with Crippen LogP contribution in [0.1, 0.15) is 49.7 Å². The molecule has 1 aromatic heterocycles. The second-order valence-corrected chi connectivity index (χ2v) is 7.67. The Morgan fingerprint density at radius 3 is 2.71 bits per heavy atom. The Bertz CT molecular complexity index is 734. The molecule has 0 spiro atoms. The number of aromatic nitrogens is 1. The molecular weight excluding hydrogens is 318 g/mol. The standard InChI is InChI=1S/C19H23N3OS/c23-18(20-16-7-3-4-8-16)22-19-21-17(12-24-19)15-10-9-13-5-1-2-6-14(13)11-15/h9-12,16H,1-8H2,(H2,20,21,22,23). The summed E-state index contributed by atoms with van der Waals surface area (Å²) in [5.41, 5.74) is 5.04. The summed E-state index contributed by atoms with van der Waals surface area (Å²) >= 11 is 1.48. The van der Waals surface area contributed by atoms with Crippen LogP contribution in [0, 0.1) is 0 Å². The molecule has 2 aliphatic carbocycles. The summed E-state index contributed by atoms with van der Waals surface area (Å²) in [5.74, 6) is 0. The summed E-state index contributed by atoms with van der Waals surface area (Å²) in [7, 11) is 0. The van der Waals surface area contributed by atoms with Gasteiger partial charge in [0.05, 0.1) is 5.69 Å². The third-order valence-electron chi connectivity index (χ3n) is 5.06. The molecule has 4 rings (SSSR count). The van der Waals surface area contributed by atoms with Crippen molar-refractivity contribution in [3.63, 3.8) is 0 Å². The number of urea groups is 1. The number of thiazole rings is 1. The number of benzene rings is 1. The van der Waals surface area contributed by atoms with Crippen molar-refractivity contribution in [1.29, 1.82) is 0 Å². The summed E-state index contributed by atoms with van der Waals surface area (Å²) in [5, 5.41) is 8.60. The molecule has 1 aromatic carbocycles. The number of carbonyl (C=O) groups excluding carboxylic acids is 1. The van der Waals surface area contributed by atoms with E-state index >= 15 is 0 Å². The van der Waals surface area contributed by atoms with Crippen molar-refractivity contribution in [1.82, 2.24) is 10.3 Å². The molecule has 0 saturated heterocycles. The van der Waals surface area contributed by atoms with E-state index in [2.05, 4.69) is 33.8 Å². The highest BCUT2D eigenvalue weighted by Gasteiger charge is 2.18. The minimum absolute atomic E-state index is 0.131. The molecule has 0 radical (unpaired) electrons. The minimum Gasteiger partial charge on any atom is -0.335 e. The first-order valence-corrected chi connectivity index (χ1v) is 9.81. The predicted octanol–water partition coefficient (Wildman–Crippen LogP) is 4.75. The molecule has 5 heteroatoms. The lowest BCUT2D eigenvalue weighted by molar-refractivity contribution is 0.248. The van der Waals surface area contributed by atoms with Crippen LogP contribution in [-0.2, 0) is 12.8 Å². The lowest BCUT2D eigenvalue weighted by atomic mass is 9.90. The van der Waals surface area contributed by atoms with Gasteiger partial charge >= 0.3 is 6.03 Å². The van der Waals surface area contributed by atoms with Gasteiger partial charge in [0.15, 0.2) is 5.13 Å². The molecule has 126 valence electrons. The maximum absolute atomic E-state index is 12.1. The topological polar surface area (TPSA) is 54.0 Å². The van der Waals surface area contributed by atoms with Crippen molar-refractivity contribution in [2.45, 2.75) is 57.4 Å². The average Bonchev–Trinajstić information content (AvgIpc) is 3.26. The zero-order chi connectivity index (χ0) is 16.4. The Labute approximate surface area is 146 Å². The molecule has 24 heavy (non-hydrogen) atoms. The number of fused-ring (bicyclic) bond motifs is 1. The second-order valence-electron chi connectivity index (χ2n) is 6.81. The normalized spacial score (nSPS) is 17.5. The van der Waals surface area contributed by atoms with Crippen molar-refractivity contribution in [3.05, 3.63) is 34.7 Å². The van der Waals surface area contributed by atoms with Crippen molar-refractivity contribution < 1.29 is 4.79 Å². The highest BCUT2D eigenvalue weighted by molar-refractivity contribution is 7.14. The number of rotatable bonds is 3. The number of nitrogens with one attached hydrogen (secondary N) is 2. The van der Waals surface area contributed by atoms with Gasteiger partial charge < -0.3 is 5.32 Å². The Hall–Kier alpha value is -1.88. The summed E-state index contributed by atoms with van der Waals surface area (Å²) in [6.45, 7) is 0. The van der Waals surface area contributed by atoms with Crippen molar-refractivity contribution in [3.8, 4) is 11.3 Å². The van der Waals surface area contributed by atoms with Crippen LogP contribution in [0.4, 0.5) is 9.93 Å². The number of hydrogen-bond acceptors (Lipinski definition) is 3. The summed E-state index contributed by atoms with van der Waals surface area (Å²) < 4.78 is 0. The third-order valence-corrected chi connectivity index (χ3v) is 5.82. The smallest absolute Gasteiger partial charge is 0.321 e. The highest BCUT2D eigenvalue weighted by atomic mass is 32.1. The van der Waals surface area contributed by atoms with Crippen molar-refractivity contribution in [2.75, 3.05) is 5.32 Å². The van der Waals surface area contributed by atoms with Gasteiger partial charge in [-0.1, -0.05) is 25.0 Å². The first kappa shape index (κ1) is 15.6. The Kier molecular flexibility index (Phi) is 4.52. The van der Waals surface area contributed by atoms with Crippen LogP contribution in [0.2, 0.25) is 0 Å². The van der Waals surface area contributed by atoms with E-state index in [4.69, 9.17) is 0 Å². The van der Waals surface area contributed by atoms with Gasteiger partial charge in [0, 0.05) is 17.0 Å². The van der Waals surface area contributed by atoms with Gasteiger partial charge in [0.2, 0.25) is 0 Å². The lowest BCUT2D eigenvalue weighted by Crippen LogP contribution is -2.36. The van der Waals surface area contributed by atoms with Crippen molar-refractivity contribution in [2.24, 2.45) is 0 Å². The quantitative estimate of drug-likeness (QED) is 0.846. The molecule has 0 unspecified atom stereocenters. The summed E-state index contributed by atoms with van der Waals surface area (Å²) in [4.78, 5) is 16.6. The summed E-state index contributed by atoms with van der Waals surface area (Å²) in [6, 6.07) is 6.86. The fourth-order valence-electron chi connectivity index (χ4n) is 3.75. The van der Waals surface area contributed by atoms with Crippen LogP contribution in [0.5, 0.6) is 0 Å². The van der Waals surface area contributed by atoms with E-state index in [0.29, 0.717) is 11.2 Å². The van der Waals surface area contributed by atoms with Gasteiger partial charge in [-0.05, 0) is 55.7 Å². The van der Waals surface area contributed by atoms with Crippen LogP contribution < -0.4 is 10.6 Å². The van der Waals surface area contributed by atoms with E-state index in [0.717, 1.165) is 24.1 Å². The first-order valence-electron chi connectivity index (χ1n) is 8.93. The van der Waals surface area contributed by atoms with Gasteiger partial charge in [-0.15, -0.1) is 11.3 Å². The van der Waals surface area contributed by atoms with Crippen molar-refractivity contribution >= 4 is 22.5 Å². The van der Waals surface area contributed by atoms with Crippen LogP contribution in [0.3, 0.4) is 0 Å². The second kappa shape index (κ2) is 6.93. The molecule has 2 aliphatic rings. The van der Waals surface area contributed by atoms with Gasteiger partial charge in [-0.25, -0.2) is 9.78 Å². The number of amides is 2. The predicted molar refractivity (Wildman–Crippen MR) is 98.6 cm³/mol. The van der Waals surface area contributed by atoms with E-state index in [1.54, 1.807) is 0 Å². The number of carbonyl (C=O) groups is 1. The van der Waals surface area contributed by atoms with Gasteiger partial charge in [0.25, 0.3) is 0 Å². The van der Waals surface area contributed by atoms with E-state index in [9.17, 15) is 4.79 Å². The van der Waals surface area contributed by atoms with Gasteiger partial charge in [0.1, 0.15) is 0 Å². The number of anilines is 1. The molecule has 1 fully saturated rings. The number of aryl methyl sites for hydroxylation is 2. The summed E-state index contributed by atoms with van der Waals surface area (Å²) in [6.07, 6.45) is 9.55. The van der Waals surface area contributed by atoms with Crippen LogP contribution in [-0.4, -0.2) is 17.1 Å². The monoisotopic (exact) mass is 341 g/mol. The molecule has 0 bridgehead atoms. The molecule has 1 heterocycles. The van der Waals surface area contributed by atoms with Gasteiger partial charge in [-0.2, -0.15) is 0 Å².